The van der Waals surface area contributed by atoms with Crippen molar-refractivity contribution >= 4 is 33.2 Å². The van der Waals surface area contributed by atoms with E-state index in [4.69, 9.17) is 30.5 Å². The molecular weight excluding hydrogens is 690 g/mol. The molecule has 4 aliphatic rings. The molecule has 1 N–H and O–H groups in total. The van der Waals surface area contributed by atoms with Crippen molar-refractivity contribution in [1.29, 1.82) is 0 Å². The van der Waals surface area contributed by atoms with Gasteiger partial charge >= 0.3 is 0 Å². The normalized spacial score (nSPS) is 30.5. The highest BCUT2D eigenvalue weighted by Gasteiger charge is 2.44. The number of aryl methyl sites for hydroxylation is 1. The average molecular weight is 746 g/mol. The molecule has 3 aliphatic heterocycles. The average Bonchev–Trinajstić information content (AvgIpc) is 3.14. The Balaban J connectivity index is 1.31. The smallest absolute Gasteiger partial charge is 0.264 e. The molecule has 2 aromatic rings. The molecule has 1 saturated carbocycles. The van der Waals surface area contributed by atoms with Gasteiger partial charge in [-0.05, 0) is 118 Å². The molecule has 3 heterocycles. The van der Waals surface area contributed by atoms with Gasteiger partial charge in [-0.25, -0.2) is 13.1 Å². The third-order valence-electron chi connectivity index (χ3n) is 12.0. The first-order valence-electron chi connectivity index (χ1n) is 18.8. The number of likely N-dealkylation sites (N-methyl/N-ethyl adjacent to an activating group) is 1. The fourth-order valence-corrected chi connectivity index (χ4v) is 9.73. The molecule has 0 radical (unpaired) electrons. The number of hydrogen-bond donors (Lipinski definition) is 1. The summed E-state index contributed by atoms with van der Waals surface area (Å²) in [5.74, 6) is 0.948. The van der Waals surface area contributed by atoms with Gasteiger partial charge in [-0.15, -0.1) is 0 Å². The van der Waals surface area contributed by atoms with Gasteiger partial charge in [0.1, 0.15) is 12.4 Å². The minimum absolute atomic E-state index is 0.137. The van der Waals surface area contributed by atoms with E-state index in [9.17, 15) is 13.2 Å². The van der Waals surface area contributed by atoms with Crippen LogP contribution in [0.3, 0.4) is 0 Å². The molecule has 5 atom stereocenters. The number of nitrogens with one attached hydrogen (secondary N) is 1. The molecule has 0 aromatic heterocycles. The maximum Gasteiger partial charge on any atom is 0.264 e. The lowest BCUT2D eigenvalue weighted by Crippen LogP contribution is -2.51. The van der Waals surface area contributed by atoms with E-state index < -0.39 is 21.2 Å². The van der Waals surface area contributed by atoms with Gasteiger partial charge in [0, 0.05) is 43.2 Å². The van der Waals surface area contributed by atoms with Crippen LogP contribution in [0.2, 0.25) is 5.02 Å². The van der Waals surface area contributed by atoms with Crippen LogP contribution < -0.4 is 14.4 Å². The molecule has 10 nitrogen and oxygen atoms in total. The van der Waals surface area contributed by atoms with Crippen molar-refractivity contribution < 1.29 is 32.2 Å². The number of methoxy groups -OCH3 is 1. The van der Waals surface area contributed by atoms with Crippen LogP contribution in [0.1, 0.15) is 80.3 Å². The SMILES string of the molecule is COCCN(C)[C@H]1CO[C@H]([C@@H]2CCC[C@H](C)[C@@H](C)S(=O)(=O)NC(=O)c3ccc4c(c3)N(CCCCc3cc(Cl)ccc3CO4)C[C@@H]3CC[C@H]32)OC1. The molecule has 2 fully saturated rings. The molecule has 12 heteroatoms. The van der Waals surface area contributed by atoms with Gasteiger partial charge in [-0.1, -0.05) is 31.0 Å². The number of carbonyl (C=O) groups is 1. The van der Waals surface area contributed by atoms with E-state index in [1.165, 1.54) is 5.56 Å². The van der Waals surface area contributed by atoms with Crippen molar-refractivity contribution in [2.45, 2.75) is 89.4 Å². The molecule has 1 saturated heterocycles. The highest BCUT2D eigenvalue weighted by Crippen LogP contribution is 2.46. The first-order valence-corrected chi connectivity index (χ1v) is 20.7. The maximum atomic E-state index is 13.6. The van der Waals surface area contributed by atoms with Crippen molar-refractivity contribution in [2.24, 2.45) is 23.7 Å². The third-order valence-corrected chi connectivity index (χ3v) is 14.1. The first kappa shape index (κ1) is 38.3. The molecule has 0 unspecified atom stereocenters. The molecule has 2 bridgehead atoms. The van der Waals surface area contributed by atoms with Crippen LogP contribution >= 0.6 is 11.6 Å². The summed E-state index contributed by atoms with van der Waals surface area (Å²) in [5.41, 5.74) is 3.40. The fourth-order valence-electron chi connectivity index (χ4n) is 8.22. The van der Waals surface area contributed by atoms with E-state index in [1.807, 2.05) is 37.3 Å². The molecule has 0 spiro atoms. The number of hydrogen-bond acceptors (Lipinski definition) is 9. The number of amides is 1. The standard InChI is InChI=1S/C39H56ClN3O7S/c1-26-8-7-10-35(39-49-24-33(25-50-39)42(3)18-19-47-4)34-15-12-30(34)22-43-17-6-5-9-28-20-32(40)14-11-31(28)23-48-37-16-13-29(21-36(37)43)38(44)41-51(45,46)27(26)2/h11,13-14,16,20-21,26-27,30,33-35,39H,5-10,12,15,17-19,22-25H2,1-4H3,(H,41,44)/t26-,27+,30-,33-,34+,35+,39-/m0/s1. The van der Waals surface area contributed by atoms with Crippen molar-refractivity contribution in [3.05, 3.63) is 58.1 Å². The number of nitrogens with zero attached hydrogens (tertiary/aromatic N) is 2. The van der Waals surface area contributed by atoms with E-state index in [1.54, 1.807) is 20.1 Å². The number of anilines is 1. The number of fused-ring (bicyclic) bond motifs is 3. The van der Waals surface area contributed by atoms with Crippen molar-refractivity contribution in [3.8, 4) is 5.75 Å². The van der Waals surface area contributed by atoms with E-state index in [0.717, 1.165) is 82.3 Å². The predicted molar refractivity (Wildman–Crippen MR) is 200 cm³/mol. The number of halogens is 1. The second-order valence-electron chi connectivity index (χ2n) is 15.2. The van der Waals surface area contributed by atoms with Gasteiger partial charge in [0.2, 0.25) is 10.0 Å². The molecule has 1 aliphatic carbocycles. The Morgan fingerprint density at radius 2 is 1.78 bits per heavy atom. The largest absolute Gasteiger partial charge is 0.487 e. The minimum Gasteiger partial charge on any atom is -0.487 e. The van der Waals surface area contributed by atoms with Gasteiger partial charge in [-0.2, -0.15) is 0 Å². The Labute approximate surface area is 309 Å². The zero-order valence-electron chi connectivity index (χ0n) is 30.7. The Morgan fingerprint density at radius 3 is 2.53 bits per heavy atom. The molecular formula is C39H56ClN3O7S. The highest BCUT2D eigenvalue weighted by atomic mass is 35.5. The summed E-state index contributed by atoms with van der Waals surface area (Å²) in [6.07, 6.45) is 7.22. The maximum absolute atomic E-state index is 13.6. The van der Waals surface area contributed by atoms with Crippen molar-refractivity contribution in [2.75, 3.05) is 58.5 Å². The monoisotopic (exact) mass is 745 g/mol. The van der Waals surface area contributed by atoms with Crippen LogP contribution in [0.5, 0.6) is 5.75 Å². The van der Waals surface area contributed by atoms with Gasteiger partial charge in [0.05, 0.1) is 36.8 Å². The first-order chi connectivity index (χ1) is 24.5. The Kier molecular flexibility index (Phi) is 12.9. The van der Waals surface area contributed by atoms with E-state index >= 15 is 0 Å². The quantitative estimate of drug-likeness (QED) is 0.378. The Hall–Kier alpha value is -2.41. The predicted octanol–water partition coefficient (Wildman–Crippen LogP) is 6.29. The number of sulfonamides is 1. The summed E-state index contributed by atoms with van der Waals surface area (Å²) < 4.78 is 54.3. The van der Waals surface area contributed by atoms with Crippen LogP contribution in [0.15, 0.2) is 36.4 Å². The lowest BCUT2D eigenvalue weighted by Gasteiger charge is -2.48. The number of ether oxygens (including phenoxy) is 4. The van der Waals surface area contributed by atoms with Crippen LogP contribution in [-0.4, -0.2) is 90.4 Å². The summed E-state index contributed by atoms with van der Waals surface area (Å²) in [5, 5.41) is -0.0161. The summed E-state index contributed by atoms with van der Waals surface area (Å²) >= 11 is 6.39. The van der Waals surface area contributed by atoms with E-state index in [2.05, 4.69) is 21.6 Å². The zero-order chi connectivity index (χ0) is 36.1. The van der Waals surface area contributed by atoms with E-state index in [0.29, 0.717) is 54.6 Å². The highest BCUT2D eigenvalue weighted by molar-refractivity contribution is 7.90. The van der Waals surface area contributed by atoms with Gasteiger partial charge < -0.3 is 23.8 Å². The minimum atomic E-state index is -3.92. The topological polar surface area (TPSA) is 107 Å². The second kappa shape index (κ2) is 17.2. The Bertz CT molecular complexity index is 1600. The summed E-state index contributed by atoms with van der Waals surface area (Å²) in [4.78, 5) is 18.2. The lowest BCUT2D eigenvalue weighted by molar-refractivity contribution is -0.242. The molecule has 6 rings (SSSR count). The summed E-state index contributed by atoms with van der Waals surface area (Å²) in [6.45, 7) is 8.32. The molecule has 2 aromatic carbocycles. The summed E-state index contributed by atoms with van der Waals surface area (Å²) in [7, 11) is -0.118. The molecule has 51 heavy (non-hydrogen) atoms. The number of benzene rings is 2. The lowest BCUT2D eigenvalue weighted by atomic mass is 9.65. The van der Waals surface area contributed by atoms with Crippen molar-refractivity contribution in [1.82, 2.24) is 9.62 Å². The Morgan fingerprint density at radius 1 is 0.980 bits per heavy atom. The molecule has 1 amide bonds. The van der Waals surface area contributed by atoms with Crippen LogP contribution in [-0.2, 0) is 37.3 Å². The molecule has 282 valence electrons. The summed E-state index contributed by atoms with van der Waals surface area (Å²) in [6, 6.07) is 11.4. The number of rotatable bonds is 5. The van der Waals surface area contributed by atoms with E-state index in [-0.39, 0.29) is 24.2 Å². The van der Waals surface area contributed by atoms with Gasteiger partial charge in [-0.3, -0.25) is 9.69 Å². The third kappa shape index (κ3) is 9.22. The zero-order valence-corrected chi connectivity index (χ0v) is 32.2. The van der Waals surface area contributed by atoms with Crippen LogP contribution in [0.4, 0.5) is 5.69 Å². The fraction of sp³-hybridized carbons (Fsp3) is 0.667. The number of carbonyl (C=O) groups excluding carboxylic acids is 1. The van der Waals surface area contributed by atoms with Gasteiger partial charge in [0.15, 0.2) is 6.29 Å². The van der Waals surface area contributed by atoms with Crippen molar-refractivity contribution in [3.63, 3.8) is 0 Å². The second-order valence-corrected chi connectivity index (χ2v) is 17.7. The van der Waals surface area contributed by atoms with Crippen LogP contribution in [0.25, 0.3) is 0 Å². The van der Waals surface area contributed by atoms with Crippen LogP contribution in [0, 0.1) is 23.7 Å². The van der Waals surface area contributed by atoms with Gasteiger partial charge in [0.25, 0.3) is 5.91 Å².